The van der Waals surface area contributed by atoms with Crippen molar-refractivity contribution in [3.05, 3.63) is 40.9 Å². The molecule has 1 aliphatic rings. The third-order valence-corrected chi connectivity index (χ3v) is 7.32. The predicted molar refractivity (Wildman–Crippen MR) is 93.6 cm³/mol. The van der Waals surface area contributed by atoms with E-state index in [0.717, 1.165) is 10.4 Å². The van der Waals surface area contributed by atoms with Crippen LogP contribution in [-0.4, -0.2) is 36.2 Å². The lowest BCUT2D eigenvalue weighted by Gasteiger charge is -2.22. The number of pyridine rings is 1. The fourth-order valence-corrected chi connectivity index (χ4v) is 5.78. The second-order valence-electron chi connectivity index (χ2n) is 5.85. The smallest absolute Gasteiger partial charge is 0.253 e. The molecule has 24 heavy (non-hydrogen) atoms. The van der Waals surface area contributed by atoms with Gasteiger partial charge >= 0.3 is 0 Å². The van der Waals surface area contributed by atoms with Crippen LogP contribution in [-0.2, 0) is 14.8 Å². The van der Waals surface area contributed by atoms with Gasteiger partial charge in [-0.3, -0.25) is 4.79 Å². The second-order valence-corrected chi connectivity index (χ2v) is 9.25. The summed E-state index contributed by atoms with van der Waals surface area (Å²) in [4.78, 5) is 17.6. The third kappa shape index (κ3) is 3.35. The monoisotopic (exact) mass is 365 g/mol. The molecular formula is C16H19N3O3S2. The van der Waals surface area contributed by atoms with Gasteiger partial charge in [0.25, 0.3) is 10.0 Å². The van der Waals surface area contributed by atoms with E-state index >= 15 is 0 Å². The molecule has 1 amide bonds. The number of anilines is 1. The first-order valence-electron chi connectivity index (χ1n) is 7.70. The lowest BCUT2D eigenvalue weighted by Crippen LogP contribution is -2.42. The molecule has 0 radical (unpaired) electrons. The zero-order valence-corrected chi connectivity index (χ0v) is 15.2. The first kappa shape index (κ1) is 17.1. The SMILES string of the molecule is Cc1ccc(NC(=O)C2CCCN2S(=O)(=O)c2ccc(C)s2)nc1. The van der Waals surface area contributed by atoms with Crippen LogP contribution in [0.2, 0.25) is 0 Å². The minimum Gasteiger partial charge on any atom is -0.309 e. The zero-order valence-electron chi connectivity index (χ0n) is 13.5. The van der Waals surface area contributed by atoms with E-state index in [2.05, 4.69) is 10.3 Å². The van der Waals surface area contributed by atoms with Gasteiger partial charge in [-0.05, 0) is 50.5 Å². The van der Waals surface area contributed by atoms with Crippen LogP contribution in [0.15, 0.2) is 34.7 Å². The van der Waals surface area contributed by atoms with E-state index in [4.69, 9.17) is 0 Å². The Morgan fingerprint density at radius 2 is 2.08 bits per heavy atom. The number of thiophene rings is 1. The van der Waals surface area contributed by atoms with Crippen LogP contribution in [0.1, 0.15) is 23.3 Å². The number of carbonyl (C=O) groups is 1. The summed E-state index contributed by atoms with van der Waals surface area (Å²) >= 11 is 1.23. The molecule has 1 saturated heterocycles. The maximum atomic E-state index is 12.8. The lowest BCUT2D eigenvalue weighted by atomic mass is 10.2. The fraction of sp³-hybridized carbons (Fsp3) is 0.375. The van der Waals surface area contributed by atoms with E-state index in [1.54, 1.807) is 24.4 Å². The Morgan fingerprint density at radius 3 is 2.71 bits per heavy atom. The molecule has 0 aromatic carbocycles. The number of aryl methyl sites for hydroxylation is 2. The summed E-state index contributed by atoms with van der Waals surface area (Å²) in [7, 11) is -3.64. The molecule has 2 aromatic heterocycles. The number of carbonyl (C=O) groups excluding carboxylic acids is 1. The van der Waals surface area contributed by atoms with E-state index in [0.29, 0.717) is 25.2 Å². The summed E-state index contributed by atoms with van der Waals surface area (Å²) in [5, 5.41) is 2.72. The van der Waals surface area contributed by atoms with Crippen LogP contribution in [0.3, 0.4) is 0 Å². The van der Waals surface area contributed by atoms with Gasteiger partial charge in [-0.15, -0.1) is 11.3 Å². The highest BCUT2D eigenvalue weighted by Gasteiger charge is 2.40. The normalized spacial score (nSPS) is 18.7. The summed E-state index contributed by atoms with van der Waals surface area (Å²) < 4.78 is 27.2. The molecule has 1 unspecified atom stereocenters. The molecule has 2 aromatic rings. The Hall–Kier alpha value is -1.77. The van der Waals surface area contributed by atoms with Crippen molar-refractivity contribution < 1.29 is 13.2 Å². The van der Waals surface area contributed by atoms with E-state index in [1.807, 2.05) is 19.9 Å². The second kappa shape index (κ2) is 6.62. The predicted octanol–water partition coefficient (Wildman–Crippen LogP) is 2.55. The summed E-state index contributed by atoms with van der Waals surface area (Å²) in [5.41, 5.74) is 0.992. The van der Waals surface area contributed by atoms with Crippen LogP contribution in [0.5, 0.6) is 0 Å². The number of nitrogens with zero attached hydrogens (tertiary/aromatic N) is 2. The van der Waals surface area contributed by atoms with Crippen molar-refractivity contribution in [2.24, 2.45) is 0 Å². The molecule has 1 atom stereocenters. The number of hydrogen-bond donors (Lipinski definition) is 1. The Balaban J connectivity index is 1.80. The molecule has 1 N–H and O–H groups in total. The van der Waals surface area contributed by atoms with Crippen molar-refractivity contribution in [3.63, 3.8) is 0 Å². The first-order valence-corrected chi connectivity index (χ1v) is 9.95. The van der Waals surface area contributed by atoms with Gasteiger partial charge in [-0.25, -0.2) is 13.4 Å². The summed E-state index contributed by atoms with van der Waals surface area (Å²) in [6.07, 6.45) is 2.84. The highest BCUT2D eigenvalue weighted by Crippen LogP contribution is 2.30. The first-order chi connectivity index (χ1) is 11.4. The molecule has 8 heteroatoms. The maximum absolute atomic E-state index is 12.8. The average molecular weight is 365 g/mol. The molecule has 0 aliphatic carbocycles. The van der Waals surface area contributed by atoms with Crippen molar-refractivity contribution in [1.82, 2.24) is 9.29 Å². The summed E-state index contributed by atoms with van der Waals surface area (Å²) in [6.45, 7) is 4.13. The standard InChI is InChI=1S/C16H19N3O3S2/c1-11-5-7-14(17-10-11)18-16(20)13-4-3-9-19(13)24(21,22)15-8-6-12(2)23-15/h5-8,10,13H,3-4,9H2,1-2H3,(H,17,18,20). The Kier molecular flexibility index (Phi) is 4.71. The molecule has 1 fully saturated rings. The molecule has 1 aliphatic heterocycles. The minimum atomic E-state index is -3.64. The number of aromatic nitrogens is 1. The van der Waals surface area contributed by atoms with Crippen LogP contribution >= 0.6 is 11.3 Å². The molecular weight excluding hydrogens is 346 g/mol. The topological polar surface area (TPSA) is 79.4 Å². The van der Waals surface area contributed by atoms with Gasteiger partial charge in [0.05, 0.1) is 0 Å². The van der Waals surface area contributed by atoms with Crippen molar-refractivity contribution in [3.8, 4) is 0 Å². The van der Waals surface area contributed by atoms with Crippen LogP contribution in [0.25, 0.3) is 0 Å². The van der Waals surface area contributed by atoms with E-state index in [9.17, 15) is 13.2 Å². The van der Waals surface area contributed by atoms with Gasteiger partial charge in [0, 0.05) is 17.6 Å². The van der Waals surface area contributed by atoms with Crippen molar-refractivity contribution in [2.45, 2.75) is 36.9 Å². The lowest BCUT2D eigenvalue weighted by molar-refractivity contribution is -0.119. The van der Waals surface area contributed by atoms with Gasteiger partial charge in [-0.2, -0.15) is 4.31 Å². The average Bonchev–Trinajstić information content (AvgIpc) is 3.19. The van der Waals surface area contributed by atoms with Crippen LogP contribution < -0.4 is 5.32 Å². The van der Waals surface area contributed by atoms with E-state index < -0.39 is 16.1 Å². The molecule has 128 valence electrons. The number of rotatable bonds is 4. The van der Waals surface area contributed by atoms with Crippen molar-refractivity contribution in [1.29, 1.82) is 0 Å². The Labute approximate surface area is 145 Å². The van der Waals surface area contributed by atoms with Gasteiger partial charge in [0.15, 0.2) is 0 Å². The number of nitrogens with one attached hydrogen (secondary N) is 1. The van der Waals surface area contributed by atoms with Gasteiger partial charge in [0.2, 0.25) is 5.91 Å². The molecule has 6 nitrogen and oxygen atoms in total. The fourth-order valence-electron chi connectivity index (χ4n) is 2.71. The zero-order chi connectivity index (χ0) is 17.3. The largest absolute Gasteiger partial charge is 0.309 e. The van der Waals surface area contributed by atoms with E-state index in [1.165, 1.54) is 15.6 Å². The Morgan fingerprint density at radius 1 is 1.29 bits per heavy atom. The maximum Gasteiger partial charge on any atom is 0.253 e. The molecule has 0 spiro atoms. The molecule has 0 saturated carbocycles. The quantitative estimate of drug-likeness (QED) is 0.903. The summed E-state index contributed by atoms with van der Waals surface area (Å²) in [5.74, 6) is 0.0996. The number of hydrogen-bond acceptors (Lipinski definition) is 5. The number of sulfonamides is 1. The van der Waals surface area contributed by atoms with Crippen molar-refractivity contribution >= 4 is 33.1 Å². The van der Waals surface area contributed by atoms with Crippen LogP contribution in [0, 0.1) is 13.8 Å². The third-order valence-electron chi connectivity index (χ3n) is 3.95. The number of amides is 1. The minimum absolute atomic E-state index is 0.285. The van der Waals surface area contributed by atoms with Crippen molar-refractivity contribution in [2.75, 3.05) is 11.9 Å². The highest BCUT2D eigenvalue weighted by atomic mass is 32.2. The van der Waals surface area contributed by atoms with E-state index in [-0.39, 0.29) is 10.1 Å². The van der Waals surface area contributed by atoms with Gasteiger partial charge in [-0.1, -0.05) is 6.07 Å². The van der Waals surface area contributed by atoms with Gasteiger partial charge < -0.3 is 5.32 Å². The highest BCUT2D eigenvalue weighted by molar-refractivity contribution is 7.91. The molecule has 0 bridgehead atoms. The van der Waals surface area contributed by atoms with Gasteiger partial charge in [0.1, 0.15) is 16.1 Å². The van der Waals surface area contributed by atoms with Crippen LogP contribution in [0.4, 0.5) is 5.82 Å². The molecule has 3 rings (SSSR count). The summed E-state index contributed by atoms with van der Waals surface area (Å²) in [6, 6.07) is 6.24. The molecule has 3 heterocycles. The Bertz CT molecular complexity index is 844.